The van der Waals surface area contributed by atoms with Gasteiger partial charge in [-0.2, -0.15) is 0 Å². The van der Waals surface area contributed by atoms with Gasteiger partial charge in [0.05, 0.1) is 10.5 Å². The topological polar surface area (TPSA) is 110 Å². The van der Waals surface area contributed by atoms with Crippen LogP contribution in [-0.2, 0) is 0 Å². The lowest BCUT2D eigenvalue weighted by atomic mass is 10.2. The molecule has 2 N–H and O–H groups in total. The first-order valence-electron chi connectivity index (χ1n) is 5.35. The maximum absolute atomic E-state index is 11.9. The fourth-order valence-electron chi connectivity index (χ4n) is 1.51. The quantitative estimate of drug-likeness (QED) is 0.665. The van der Waals surface area contributed by atoms with Crippen molar-refractivity contribution < 1.29 is 19.6 Å². The number of nitrogens with one attached hydrogen (secondary N) is 1. The fraction of sp³-hybridized carbons (Fsp3) is 0. The molecule has 0 bridgehead atoms. The molecule has 0 aliphatic carbocycles. The van der Waals surface area contributed by atoms with Crippen molar-refractivity contribution in [2.24, 2.45) is 0 Å². The van der Waals surface area contributed by atoms with Crippen molar-refractivity contribution in [3.05, 3.63) is 57.0 Å². The van der Waals surface area contributed by atoms with E-state index in [0.717, 1.165) is 17.4 Å². The van der Waals surface area contributed by atoms with E-state index in [1.807, 2.05) is 0 Å². The molecule has 1 heterocycles. The van der Waals surface area contributed by atoms with Gasteiger partial charge in [0.1, 0.15) is 5.00 Å². The Kier molecular flexibility index (Phi) is 3.76. The average Bonchev–Trinajstić information content (AvgIpc) is 2.87. The summed E-state index contributed by atoms with van der Waals surface area (Å²) < 4.78 is 0. The minimum absolute atomic E-state index is 0.0196. The second-order valence-corrected chi connectivity index (χ2v) is 4.65. The number of thiophene rings is 1. The Morgan fingerprint density at radius 2 is 2.05 bits per heavy atom. The lowest BCUT2D eigenvalue weighted by Crippen LogP contribution is -2.13. The van der Waals surface area contributed by atoms with Crippen molar-refractivity contribution in [3.63, 3.8) is 0 Å². The average molecular weight is 292 g/mol. The number of amides is 1. The molecule has 2 aromatic rings. The predicted molar refractivity (Wildman–Crippen MR) is 72.3 cm³/mol. The lowest BCUT2D eigenvalue weighted by Gasteiger charge is -2.04. The Labute approximate surface area is 116 Å². The molecular weight excluding hydrogens is 284 g/mol. The van der Waals surface area contributed by atoms with E-state index < -0.39 is 16.8 Å². The maximum atomic E-state index is 11.9. The number of nitro groups is 1. The molecule has 1 aromatic carbocycles. The summed E-state index contributed by atoms with van der Waals surface area (Å²) >= 11 is 1.06. The summed E-state index contributed by atoms with van der Waals surface area (Å²) in [4.78, 5) is 32.9. The highest BCUT2D eigenvalue weighted by Crippen LogP contribution is 2.24. The molecule has 0 radical (unpaired) electrons. The van der Waals surface area contributed by atoms with Crippen LogP contribution in [0.25, 0.3) is 0 Å². The van der Waals surface area contributed by atoms with Crippen molar-refractivity contribution >= 4 is 33.9 Å². The van der Waals surface area contributed by atoms with Crippen molar-refractivity contribution in [2.45, 2.75) is 0 Å². The minimum Gasteiger partial charge on any atom is -0.478 e. The highest BCUT2D eigenvalue weighted by Gasteiger charge is 2.16. The van der Waals surface area contributed by atoms with Gasteiger partial charge in [0.25, 0.3) is 11.6 Å². The number of hydrogen-bond donors (Lipinski definition) is 2. The summed E-state index contributed by atoms with van der Waals surface area (Å²) in [5, 5.41) is 23.7. The largest absolute Gasteiger partial charge is 0.478 e. The molecule has 102 valence electrons. The van der Waals surface area contributed by atoms with Crippen LogP contribution in [0.3, 0.4) is 0 Å². The first-order valence-corrected chi connectivity index (χ1v) is 6.23. The molecule has 0 spiro atoms. The van der Waals surface area contributed by atoms with E-state index in [4.69, 9.17) is 5.11 Å². The molecular formula is C12H8N2O5S. The smallest absolute Gasteiger partial charge is 0.338 e. The number of rotatable bonds is 4. The number of hydrogen-bond acceptors (Lipinski definition) is 5. The summed E-state index contributed by atoms with van der Waals surface area (Å²) in [6.07, 6.45) is 0. The van der Waals surface area contributed by atoms with Gasteiger partial charge in [0, 0.05) is 17.7 Å². The van der Waals surface area contributed by atoms with Crippen LogP contribution in [0.15, 0.2) is 35.7 Å². The van der Waals surface area contributed by atoms with Crippen molar-refractivity contribution in [1.82, 2.24) is 0 Å². The van der Waals surface area contributed by atoms with E-state index in [1.165, 1.54) is 29.6 Å². The Morgan fingerprint density at radius 1 is 1.30 bits per heavy atom. The van der Waals surface area contributed by atoms with Gasteiger partial charge in [-0.15, -0.1) is 11.3 Å². The van der Waals surface area contributed by atoms with Crippen molar-refractivity contribution in [3.8, 4) is 0 Å². The van der Waals surface area contributed by atoms with Gasteiger partial charge < -0.3 is 10.4 Å². The van der Waals surface area contributed by atoms with E-state index in [1.54, 1.807) is 0 Å². The second kappa shape index (κ2) is 5.49. The standard InChI is InChI=1S/C12H8N2O5S/c15-10(7-2-1-3-8(6-7)14(18)19)13-11-9(12(16)17)4-5-20-11/h1-6H,(H,13,15)(H,16,17). The van der Waals surface area contributed by atoms with Crippen molar-refractivity contribution in [2.75, 3.05) is 5.32 Å². The highest BCUT2D eigenvalue weighted by molar-refractivity contribution is 7.14. The number of nitrogens with zero attached hydrogens (tertiary/aromatic N) is 1. The lowest BCUT2D eigenvalue weighted by molar-refractivity contribution is -0.384. The summed E-state index contributed by atoms with van der Waals surface area (Å²) in [5.74, 6) is -1.75. The van der Waals surface area contributed by atoms with E-state index in [2.05, 4.69) is 5.32 Å². The number of carboxylic acids is 1. The van der Waals surface area contributed by atoms with Gasteiger partial charge in [0.2, 0.25) is 0 Å². The number of anilines is 1. The molecule has 0 fully saturated rings. The SMILES string of the molecule is O=C(Nc1sccc1C(=O)O)c1cccc([N+](=O)[O-])c1. The van der Waals surface area contributed by atoms with Gasteiger partial charge in [-0.05, 0) is 17.5 Å². The Morgan fingerprint density at radius 3 is 2.70 bits per heavy atom. The molecule has 0 aliphatic rings. The van der Waals surface area contributed by atoms with Crippen LogP contribution >= 0.6 is 11.3 Å². The first kappa shape index (κ1) is 13.7. The Bertz CT molecular complexity index is 695. The summed E-state index contributed by atoms with van der Waals surface area (Å²) in [6.45, 7) is 0. The van der Waals surface area contributed by atoms with Gasteiger partial charge in [-0.1, -0.05) is 6.07 Å². The van der Waals surface area contributed by atoms with E-state index in [-0.39, 0.29) is 21.8 Å². The van der Waals surface area contributed by atoms with Crippen LogP contribution in [0.4, 0.5) is 10.7 Å². The molecule has 0 saturated carbocycles. The van der Waals surface area contributed by atoms with Crippen LogP contribution in [0.2, 0.25) is 0 Å². The molecule has 0 unspecified atom stereocenters. The van der Waals surface area contributed by atoms with E-state index in [0.29, 0.717) is 0 Å². The van der Waals surface area contributed by atoms with E-state index in [9.17, 15) is 19.7 Å². The zero-order valence-electron chi connectivity index (χ0n) is 9.90. The van der Waals surface area contributed by atoms with Crippen molar-refractivity contribution in [1.29, 1.82) is 0 Å². The zero-order chi connectivity index (χ0) is 14.7. The molecule has 1 aromatic heterocycles. The number of carbonyl (C=O) groups is 2. The van der Waals surface area contributed by atoms with Gasteiger partial charge in [0.15, 0.2) is 0 Å². The van der Waals surface area contributed by atoms with Gasteiger partial charge >= 0.3 is 5.97 Å². The zero-order valence-corrected chi connectivity index (χ0v) is 10.7. The number of aromatic carboxylic acids is 1. The second-order valence-electron chi connectivity index (χ2n) is 3.73. The third-order valence-electron chi connectivity index (χ3n) is 2.44. The molecule has 2 rings (SSSR count). The maximum Gasteiger partial charge on any atom is 0.338 e. The third kappa shape index (κ3) is 2.81. The molecule has 0 saturated heterocycles. The number of carbonyl (C=O) groups excluding carboxylic acids is 1. The summed E-state index contributed by atoms with van der Waals surface area (Å²) in [5.41, 5.74) is -0.139. The van der Waals surface area contributed by atoms with E-state index >= 15 is 0 Å². The summed E-state index contributed by atoms with van der Waals surface area (Å²) in [6, 6.07) is 6.57. The van der Waals surface area contributed by atoms with Crippen LogP contribution in [-0.4, -0.2) is 21.9 Å². The molecule has 0 atom stereocenters. The molecule has 1 amide bonds. The van der Waals surface area contributed by atoms with Crippen LogP contribution < -0.4 is 5.32 Å². The fourth-order valence-corrected chi connectivity index (χ4v) is 2.28. The number of non-ortho nitro benzene ring substituents is 1. The summed E-state index contributed by atoms with van der Waals surface area (Å²) in [7, 11) is 0. The first-order chi connectivity index (χ1) is 9.49. The van der Waals surface area contributed by atoms with Gasteiger partial charge in [-0.25, -0.2) is 4.79 Å². The number of nitro benzene ring substituents is 1. The molecule has 20 heavy (non-hydrogen) atoms. The molecule has 8 heteroatoms. The number of carboxylic acid groups (broad SMARTS) is 1. The molecule has 7 nitrogen and oxygen atoms in total. The Balaban J connectivity index is 2.24. The van der Waals surface area contributed by atoms with Gasteiger partial charge in [-0.3, -0.25) is 14.9 Å². The van der Waals surface area contributed by atoms with Crippen LogP contribution in [0.5, 0.6) is 0 Å². The normalized spacial score (nSPS) is 10.0. The highest BCUT2D eigenvalue weighted by atomic mass is 32.1. The third-order valence-corrected chi connectivity index (χ3v) is 3.27. The van der Waals surface area contributed by atoms with Crippen LogP contribution in [0, 0.1) is 10.1 Å². The van der Waals surface area contributed by atoms with Crippen LogP contribution in [0.1, 0.15) is 20.7 Å². The molecule has 0 aliphatic heterocycles. The monoisotopic (exact) mass is 292 g/mol. The number of benzene rings is 1. The predicted octanol–water partition coefficient (Wildman–Crippen LogP) is 2.61. The minimum atomic E-state index is -1.15. The Hall–Kier alpha value is -2.74.